The molecule has 5 heteroatoms. The molecule has 0 bridgehead atoms. The highest BCUT2D eigenvalue weighted by Gasteiger charge is 2.21. The smallest absolute Gasteiger partial charge is 0.251 e. The van der Waals surface area contributed by atoms with Crippen LogP contribution in [0.2, 0.25) is 0 Å². The lowest BCUT2D eigenvalue weighted by atomic mass is 10.0. The van der Waals surface area contributed by atoms with Crippen molar-refractivity contribution in [3.05, 3.63) is 64.1 Å². The minimum Gasteiger partial charge on any atom is -0.493 e. The highest BCUT2D eigenvalue weighted by Crippen LogP contribution is 2.30. The van der Waals surface area contributed by atoms with E-state index in [0.29, 0.717) is 6.61 Å². The van der Waals surface area contributed by atoms with Crippen LogP contribution in [-0.4, -0.2) is 17.1 Å². The van der Waals surface area contributed by atoms with Gasteiger partial charge in [-0.05, 0) is 37.5 Å². The molecule has 2 heterocycles. The molecule has 1 aliphatic rings. The molecule has 1 atom stereocenters. The van der Waals surface area contributed by atoms with Crippen molar-refractivity contribution in [3.8, 4) is 5.75 Å². The highest BCUT2D eigenvalue weighted by molar-refractivity contribution is 5.76. The topological polar surface area (TPSA) is 60.3 Å². The summed E-state index contributed by atoms with van der Waals surface area (Å²) in [5, 5.41) is 3.03. The van der Waals surface area contributed by atoms with Crippen molar-refractivity contribution < 1.29 is 9.53 Å². The van der Waals surface area contributed by atoms with E-state index in [-0.39, 0.29) is 24.1 Å². The highest BCUT2D eigenvalue weighted by atomic mass is 16.5. The van der Waals surface area contributed by atoms with Gasteiger partial charge in [0, 0.05) is 17.8 Å². The molecule has 1 N–H and O–H groups in total. The maximum Gasteiger partial charge on any atom is 0.251 e. The van der Waals surface area contributed by atoms with E-state index < -0.39 is 0 Å². The van der Waals surface area contributed by atoms with Gasteiger partial charge in [-0.15, -0.1) is 0 Å². The summed E-state index contributed by atoms with van der Waals surface area (Å²) in [6, 6.07) is 11.0. The van der Waals surface area contributed by atoms with Crippen LogP contribution in [0.5, 0.6) is 5.75 Å². The van der Waals surface area contributed by atoms with E-state index in [0.717, 1.165) is 29.7 Å². The largest absolute Gasteiger partial charge is 0.493 e. The number of nitrogens with zero attached hydrogens (tertiary/aromatic N) is 1. The Morgan fingerprint density at radius 3 is 3.00 bits per heavy atom. The SMILES string of the molecule is Cc1ccn(CC(=O)NC2CCCOc3ccccc32)c(=O)c1. The van der Waals surface area contributed by atoms with Gasteiger partial charge in [-0.3, -0.25) is 9.59 Å². The molecule has 0 radical (unpaired) electrons. The molecule has 1 aromatic carbocycles. The number of aryl methyl sites for hydroxylation is 1. The maximum atomic E-state index is 12.3. The quantitative estimate of drug-likeness (QED) is 0.945. The van der Waals surface area contributed by atoms with Gasteiger partial charge in [-0.25, -0.2) is 0 Å². The van der Waals surface area contributed by atoms with Crippen molar-refractivity contribution >= 4 is 5.91 Å². The second kappa shape index (κ2) is 6.69. The van der Waals surface area contributed by atoms with Gasteiger partial charge in [0.25, 0.3) is 5.56 Å². The Hall–Kier alpha value is -2.56. The van der Waals surface area contributed by atoms with Crippen molar-refractivity contribution in [1.29, 1.82) is 0 Å². The molecule has 0 aliphatic carbocycles. The Kier molecular flexibility index (Phi) is 4.46. The predicted molar refractivity (Wildman–Crippen MR) is 87.5 cm³/mol. The van der Waals surface area contributed by atoms with E-state index in [2.05, 4.69) is 5.32 Å². The summed E-state index contributed by atoms with van der Waals surface area (Å²) in [4.78, 5) is 24.2. The third-order valence-corrected chi connectivity index (χ3v) is 3.99. The summed E-state index contributed by atoms with van der Waals surface area (Å²) in [7, 11) is 0. The van der Waals surface area contributed by atoms with Crippen LogP contribution >= 0.6 is 0 Å². The van der Waals surface area contributed by atoms with Crippen LogP contribution in [0.25, 0.3) is 0 Å². The first kappa shape index (κ1) is 15.3. The van der Waals surface area contributed by atoms with E-state index in [4.69, 9.17) is 4.74 Å². The van der Waals surface area contributed by atoms with E-state index in [1.54, 1.807) is 6.20 Å². The minimum absolute atomic E-state index is 0.0264. The minimum atomic E-state index is -0.169. The summed E-state index contributed by atoms with van der Waals surface area (Å²) in [6.45, 7) is 2.54. The van der Waals surface area contributed by atoms with Crippen molar-refractivity contribution in [1.82, 2.24) is 9.88 Å². The van der Waals surface area contributed by atoms with Gasteiger partial charge in [0.05, 0.1) is 12.6 Å². The molecule has 23 heavy (non-hydrogen) atoms. The number of pyridine rings is 1. The number of hydrogen-bond acceptors (Lipinski definition) is 3. The zero-order valence-electron chi connectivity index (χ0n) is 13.1. The molecule has 0 spiro atoms. The zero-order valence-corrected chi connectivity index (χ0v) is 13.1. The van der Waals surface area contributed by atoms with Crippen molar-refractivity contribution in [2.75, 3.05) is 6.61 Å². The first-order valence-electron chi connectivity index (χ1n) is 7.81. The Morgan fingerprint density at radius 2 is 2.17 bits per heavy atom. The third-order valence-electron chi connectivity index (χ3n) is 3.99. The molecule has 5 nitrogen and oxygen atoms in total. The zero-order chi connectivity index (χ0) is 16.2. The fourth-order valence-corrected chi connectivity index (χ4v) is 2.81. The number of hydrogen-bond donors (Lipinski definition) is 1. The normalized spacial score (nSPS) is 16.8. The van der Waals surface area contributed by atoms with Crippen LogP contribution in [0.15, 0.2) is 47.4 Å². The van der Waals surface area contributed by atoms with Gasteiger partial charge < -0.3 is 14.6 Å². The van der Waals surface area contributed by atoms with E-state index in [9.17, 15) is 9.59 Å². The standard InChI is InChI=1S/C18H20N2O3/c1-13-8-9-20(18(22)11-13)12-17(21)19-15-6-4-10-23-16-7-3-2-5-14(15)16/h2-3,5,7-9,11,15H,4,6,10,12H2,1H3,(H,19,21). The van der Waals surface area contributed by atoms with Crippen LogP contribution in [0.3, 0.4) is 0 Å². The second-order valence-corrected chi connectivity index (χ2v) is 5.82. The van der Waals surface area contributed by atoms with Crippen molar-refractivity contribution in [2.24, 2.45) is 0 Å². The number of fused-ring (bicyclic) bond motifs is 1. The predicted octanol–water partition coefficient (Wildman–Crippen LogP) is 2.19. The lowest BCUT2D eigenvalue weighted by molar-refractivity contribution is -0.122. The molecule has 0 saturated heterocycles. The fraction of sp³-hybridized carbons (Fsp3) is 0.333. The molecule has 2 aromatic rings. The molecule has 1 unspecified atom stereocenters. The van der Waals surface area contributed by atoms with Crippen molar-refractivity contribution in [2.45, 2.75) is 32.4 Å². The lowest BCUT2D eigenvalue weighted by Gasteiger charge is -2.18. The van der Waals surface area contributed by atoms with E-state index >= 15 is 0 Å². The molecule has 3 rings (SSSR count). The Bertz CT molecular complexity index is 767. The molecule has 1 aliphatic heterocycles. The second-order valence-electron chi connectivity index (χ2n) is 5.82. The average molecular weight is 312 g/mol. The van der Waals surface area contributed by atoms with Crippen LogP contribution in [0.4, 0.5) is 0 Å². The number of rotatable bonds is 3. The molecule has 120 valence electrons. The monoisotopic (exact) mass is 312 g/mol. The number of benzene rings is 1. The van der Waals surface area contributed by atoms with Crippen LogP contribution in [0, 0.1) is 6.92 Å². The van der Waals surface area contributed by atoms with Gasteiger partial charge >= 0.3 is 0 Å². The van der Waals surface area contributed by atoms with E-state index in [1.165, 1.54) is 10.6 Å². The number of carbonyl (C=O) groups is 1. The fourth-order valence-electron chi connectivity index (χ4n) is 2.81. The third kappa shape index (κ3) is 3.62. The van der Waals surface area contributed by atoms with Gasteiger partial charge in [0.1, 0.15) is 12.3 Å². The number of ether oxygens (including phenoxy) is 1. The number of amides is 1. The maximum absolute atomic E-state index is 12.3. The summed E-state index contributed by atoms with van der Waals surface area (Å²) < 4.78 is 7.12. The van der Waals surface area contributed by atoms with Gasteiger partial charge in [-0.1, -0.05) is 18.2 Å². The average Bonchev–Trinajstić information content (AvgIpc) is 2.73. The Balaban J connectivity index is 1.74. The molecular weight excluding hydrogens is 292 g/mol. The number of nitrogens with one attached hydrogen (secondary N) is 1. The lowest BCUT2D eigenvalue weighted by Crippen LogP contribution is -2.34. The van der Waals surface area contributed by atoms with Crippen LogP contribution in [-0.2, 0) is 11.3 Å². The summed E-state index contributed by atoms with van der Waals surface area (Å²) >= 11 is 0. The number of aromatic nitrogens is 1. The van der Waals surface area contributed by atoms with Gasteiger partial charge in [0.2, 0.25) is 5.91 Å². The first-order valence-corrected chi connectivity index (χ1v) is 7.81. The first-order chi connectivity index (χ1) is 11.1. The molecular formula is C18H20N2O3. The van der Waals surface area contributed by atoms with Gasteiger partial charge in [0.15, 0.2) is 0 Å². The molecule has 1 amide bonds. The molecule has 0 fully saturated rings. The number of carbonyl (C=O) groups excluding carboxylic acids is 1. The summed E-state index contributed by atoms with van der Waals surface area (Å²) in [5.41, 5.74) is 1.72. The summed E-state index contributed by atoms with van der Waals surface area (Å²) in [6.07, 6.45) is 3.36. The number of para-hydroxylation sites is 1. The Morgan fingerprint density at radius 1 is 1.35 bits per heavy atom. The van der Waals surface area contributed by atoms with Gasteiger partial charge in [-0.2, -0.15) is 0 Å². The molecule has 1 aromatic heterocycles. The van der Waals surface area contributed by atoms with E-state index in [1.807, 2.05) is 37.3 Å². The Labute approximate surface area is 134 Å². The summed E-state index contributed by atoms with van der Waals surface area (Å²) in [5.74, 6) is 0.653. The van der Waals surface area contributed by atoms with Crippen molar-refractivity contribution in [3.63, 3.8) is 0 Å². The van der Waals surface area contributed by atoms with Crippen LogP contribution in [0.1, 0.15) is 30.0 Å². The molecule has 0 saturated carbocycles. The van der Waals surface area contributed by atoms with Crippen LogP contribution < -0.4 is 15.6 Å².